The Labute approximate surface area is 129 Å². The van der Waals surface area contributed by atoms with E-state index in [1.54, 1.807) is 12.1 Å². The topological polar surface area (TPSA) is 85.1 Å². The summed E-state index contributed by atoms with van der Waals surface area (Å²) in [7, 11) is 0. The summed E-state index contributed by atoms with van der Waals surface area (Å²) in [6.45, 7) is 0.151. The highest BCUT2D eigenvalue weighted by molar-refractivity contribution is 6.33. The van der Waals surface area contributed by atoms with Gasteiger partial charge in [-0.15, -0.1) is 0 Å². The molecule has 108 valence electrons. The second-order valence-corrected chi connectivity index (χ2v) is 4.89. The molecule has 0 fully saturated rings. The molecule has 0 unspecified atom stereocenters. The van der Waals surface area contributed by atoms with E-state index in [9.17, 15) is 14.9 Å². The summed E-state index contributed by atoms with van der Waals surface area (Å²) in [6, 6.07) is 8.78. The van der Waals surface area contributed by atoms with Crippen molar-refractivity contribution in [2.24, 2.45) is 0 Å². The van der Waals surface area contributed by atoms with Gasteiger partial charge in [0, 0.05) is 24.2 Å². The first-order valence-electron chi connectivity index (χ1n) is 5.80. The summed E-state index contributed by atoms with van der Waals surface area (Å²) in [5.41, 5.74) is 0.853. The number of nitro groups is 1. The van der Waals surface area contributed by atoms with Gasteiger partial charge in [-0.05, 0) is 17.7 Å². The largest absolute Gasteiger partial charge is 0.348 e. The fourth-order valence-corrected chi connectivity index (χ4v) is 2.12. The molecule has 6 nitrogen and oxygen atoms in total. The number of carbonyl (C=O) groups excluding carboxylic acids is 1. The average molecular weight is 326 g/mol. The molecule has 0 saturated heterocycles. The van der Waals surface area contributed by atoms with Gasteiger partial charge in [0.25, 0.3) is 11.6 Å². The molecule has 2 rings (SSSR count). The molecule has 1 heterocycles. The van der Waals surface area contributed by atoms with Crippen molar-refractivity contribution in [3.05, 3.63) is 67.9 Å². The molecule has 0 aliphatic heterocycles. The molecule has 1 aromatic carbocycles. The summed E-state index contributed by atoms with van der Waals surface area (Å²) in [5.74, 6) is -0.396. The summed E-state index contributed by atoms with van der Waals surface area (Å²) >= 11 is 11.4. The third-order valence-electron chi connectivity index (χ3n) is 2.60. The van der Waals surface area contributed by atoms with E-state index < -0.39 is 10.8 Å². The van der Waals surface area contributed by atoms with Crippen LogP contribution < -0.4 is 5.32 Å². The first-order valence-corrected chi connectivity index (χ1v) is 6.56. The quantitative estimate of drug-likeness (QED) is 0.531. The average Bonchev–Trinajstić information content (AvgIpc) is 2.44. The van der Waals surface area contributed by atoms with Crippen molar-refractivity contribution < 1.29 is 9.72 Å². The van der Waals surface area contributed by atoms with Crippen molar-refractivity contribution in [3.63, 3.8) is 0 Å². The third-order valence-corrected chi connectivity index (χ3v) is 2.99. The molecule has 2 aromatic rings. The summed E-state index contributed by atoms with van der Waals surface area (Å²) in [5, 5.41) is 13.5. The second-order valence-electron chi connectivity index (χ2n) is 4.11. The number of hydrogen-bond donors (Lipinski definition) is 1. The number of carbonyl (C=O) groups is 1. The van der Waals surface area contributed by atoms with Gasteiger partial charge < -0.3 is 5.32 Å². The number of benzene rings is 1. The van der Waals surface area contributed by atoms with E-state index in [0.29, 0.717) is 5.56 Å². The molecule has 1 aromatic heterocycles. The standard InChI is InChI=1S/C13H9Cl2N3O3/c14-11-5-9(6-12(15)17-11)13(19)16-7-8-2-1-3-10(4-8)18(20)21/h1-6H,7H2,(H,16,19). The number of pyridine rings is 1. The van der Waals surface area contributed by atoms with Crippen LogP contribution in [0.2, 0.25) is 10.3 Å². The summed E-state index contributed by atoms with van der Waals surface area (Å²) in [4.78, 5) is 25.9. The van der Waals surface area contributed by atoms with Gasteiger partial charge in [0.05, 0.1) is 4.92 Å². The number of hydrogen-bond acceptors (Lipinski definition) is 4. The zero-order valence-corrected chi connectivity index (χ0v) is 12.1. The highest BCUT2D eigenvalue weighted by atomic mass is 35.5. The monoisotopic (exact) mass is 325 g/mol. The highest BCUT2D eigenvalue weighted by Crippen LogP contribution is 2.15. The summed E-state index contributed by atoms with van der Waals surface area (Å²) < 4.78 is 0. The van der Waals surface area contributed by atoms with E-state index in [-0.39, 0.29) is 28.1 Å². The Hall–Kier alpha value is -2.18. The zero-order valence-electron chi connectivity index (χ0n) is 10.5. The predicted octanol–water partition coefficient (Wildman–Crippen LogP) is 3.23. The van der Waals surface area contributed by atoms with Crippen molar-refractivity contribution in [2.45, 2.75) is 6.54 Å². The van der Waals surface area contributed by atoms with Crippen LogP contribution in [0.25, 0.3) is 0 Å². The Morgan fingerprint density at radius 2 is 1.90 bits per heavy atom. The van der Waals surface area contributed by atoms with E-state index in [2.05, 4.69) is 10.3 Å². The van der Waals surface area contributed by atoms with Crippen LogP contribution in [-0.2, 0) is 6.54 Å². The number of aromatic nitrogens is 1. The smallest absolute Gasteiger partial charge is 0.269 e. The van der Waals surface area contributed by atoms with Gasteiger partial charge in [0.15, 0.2) is 0 Å². The van der Waals surface area contributed by atoms with Crippen LogP contribution in [0.4, 0.5) is 5.69 Å². The molecular weight excluding hydrogens is 317 g/mol. The maximum Gasteiger partial charge on any atom is 0.269 e. The van der Waals surface area contributed by atoms with Gasteiger partial charge in [-0.2, -0.15) is 0 Å². The molecule has 8 heteroatoms. The normalized spacial score (nSPS) is 10.2. The lowest BCUT2D eigenvalue weighted by Gasteiger charge is -2.06. The van der Waals surface area contributed by atoms with Crippen LogP contribution in [0.3, 0.4) is 0 Å². The van der Waals surface area contributed by atoms with Gasteiger partial charge in [-0.25, -0.2) is 4.98 Å². The van der Waals surface area contributed by atoms with Crippen LogP contribution >= 0.6 is 23.2 Å². The minimum absolute atomic E-state index is 0.0308. The zero-order chi connectivity index (χ0) is 15.4. The molecule has 0 aliphatic rings. The molecule has 0 radical (unpaired) electrons. The SMILES string of the molecule is O=C(NCc1cccc([N+](=O)[O-])c1)c1cc(Cl)nc(Cl)c1. The first-order chi connectivity index (χ1) is 9.95. The van der Waals surface area contributed by atoms with E-state index in [0.717, 1.165) is 0 Å². The second kappa shape index (κ2) is 6.51. The lowest BCUT2D eigenvalue weighted by atomic mass is 10.2. The highest BCUT2D eigenvalue weighted by Gasteiger charge is 2.10. The van der Waals surface area contributed by atoms with Gasteiger partial charge in [-0.1, -0.05) is 35.3 Å². The van der Waals surface area contributed by atoms with E-state index in [1.165, 1.54) is 24.3 Å². The van der Waals surface area contributed by atoms with Crippen molar-refractivity contribution in [1.29, 1.82) is 0 Å². The molecule has 0 atom stereocenters. The molecule has 1 amide bonds. The molecule has 21 heavy (non-hydrogen) atoms. The minimum atomic E-state index is -0.492. The maximum absolute atomic E-state index is 12.0. The molecule has 0 aliphatic carbocycles. The van der Waals surface area contributed by atoms with Crippen LogP contribution in [0.5, 0.6) is 0 Å². The van der Waals surface area contributed by atoms with E-state index in [1.807, 2.05) is 0 Å². The lowest BCUT2D eigenvalue weighted by Crippen LogP contribution is -2.22. The van der Waals surface area contributed by atoms with Gasteiger partial charge in [0.1, 0.15) is 10.3 Å². The molecule has 0 bridgehead atoms. The number of non-ortho nitro benzene ring substituents is 1. The fraction of sp³-hybridized carbons (Fsp3) is 0.0769. The van der Waals surface area contributed by atoms with E-state index >= 15 is 0 Å². The number of halogens is 2. The Bertz CT molecular complexity index is 687. The first kappa shape index (κ1) is 15.2. The van der Waals surface area contributed by atoms with Gasteiger partial charge in [-0.3, -0.25) is 14.9 Å². The number of nitrogens with one attached hydrogen (secondary N) is 1. The Kier molecular flexibility index (Phi) is 4.72. The lowest BCUT2D eigenvalue weighted by molar-refractivity contribution is -0.384. The Morgan fingerprint density at radius 3 is 2.52 bits per heavy atom. The number of nitrogens with zero attached hydrogens (tertiary/aromatic N) is 2. The minimum Gasteiger partial charge on any atom is -0.348 e. The van der Waals surface area contributed by atoms with Crippen molar-refractivity contribution in [2.75, 3.05) is 0 Å². The van der Waals surface area contributed by atoms with E-state index in [4.69, 9.17) is 23.2 Å². The Balaban J connectivity index is 2.07. The van der Waals surface area contributed by atoms with Crippen molar-refractivity contribution >= 4 is 34.8 Å². The Morgan fingerprint density at radius 1 is 1.24 bits per heavy atom. The fourth-order valence-electron chi connectivity index (χ4n) is 1.66. The van der Waals surface area contributed by atoms with Crippen molar-refractivity contribution in [1.82, 2.24) is 10.3 Å². The van der Waals surface area contributed by atoms with Gasteiger partial charge >= 0.3 is 0 Å². The number of nitro benzene ring substituents is 1. The van der Waals surface area contributed by atoms with Crippen LogP contribution in [-0.4, -0.2) is 15.8 Å². The molecular formula is C13H9Cl2N3O3. The van der Waals surface area contributed by atoms with Crippen LogP contribution in [0.1, 0.15) is 15.9 Å². The molecule has 1 N–H and O–H groups in total. The maximum atomic E-state index is 12.0. The summed E-state index contributed by atoms with van der Waals surface area (Å²) in [6.07, 6.45) is 0. The van der Waals surface area contributed by atoms with Crippen LogP contribution in [0, 0.1) is 10.1 Å². The molecule has 0 spiro atoms. The predicted molar refractivity (Wildman–Crippen MR) is 78.5 cm³/mol. The number of rotatable bonds is 4. The third kappa shape index (κ3) is 4.14. The van der Waals surface area contributed by atoms with Crippen molar-refractivity contribution in [3.8, 4) is 0 Å². The molecule has 0 saturated carbocycles. The van der Waals surface area contributed by atoms with Gasteiger partial charge in [0.2, 0.25) is 0 Å². The van der Waals surface area contributed by atoms with Crippen LogP contribution in [0.15, 0.2) is 36.4 Å². The number of amides is 1.